The second-order valence-corrected chi connectivity index (χ2v) is 12.2. The summed E-state index contributed by atoms with van der Waals surface area (Å²) in [6, 6.07) is 0. The highest BCUT2D eigenvalue weighted by atomic mass is 16.3. The number of aliphatic hydroxyl groups is 3. The first-order valence-electron chi connectivity index (χ1n) is 12.9. The molecule has 0 aliphatic heterocycles. The SMILES string of the molecule is C[C@@H](CO)CCC[C@@H](C)[C@H]1C(O)C[C@H]2[C@@H]3CC=C4C[C@@H](O)CC[C@]4(C)[C@H]3CC[C@]12C. The maximum absolute atomic E-state index is 11.2. The zero-order valence-corrected chi connectivity index (χ0v) is 19.8. The number of fused-ring (bicyclic) bond motifs is 5. The maximum Gasteiger partial charge on any atom is 0.0579 e. The molecule has 0 saturated heterocycles. The molecule has 30 heavy (non-hydrogen) atoms. The molecular formula is C27H46O3. The van der Waals surface area contributed by atoms with Crippen LogP contribution in [0.5, 0.6) is 0 Å². The van der Waals surface area contributed by atoms with Crippen molar-refractivity contribution in [1.29, 1.82) is 0 Å². The third-order valence-electron chi connectivity index (χ3n) is 10.5. The summed E-state index contributed by atoms with van der Waals surface area (Å²) in [6.07, 6.45) is 13.3. The van der Waals surface area contributed by atoms with Crippen LogP contribution in [-0.4, -0.2) is 34.1 Å². The molecule has 4 aliphatic carbocycles. The van der Waals surface area contributed by atoms with E-state index < -0.39 is 0 Å². The molecule has 3 heteroatoms. The highest BCUT2D eigenvalue weighted by Crippen LogP contribution is 2.67. The minimum Gasteiger partial charge on any atom is -0.396 e. The largest absolute Gasteiger partial charge is 0.396 e. The van der Waals surface area contributed by atoms with Crippen molar-refractivity contribution in [2.24, 2.45) is 46.3 Å². The summed E-state index contributed by atoms with van der Waals surface area (Å²) in [5.41, 5.74) is 2.07. The van der Waals surface area contributed by atoms with Gasteiger partial charge in [0.15, 0.2) is 0 Å². The fourth-order valence-electron chi connectivity index (χ4n) is 8.78. The van der Waals surface area contributed by atoms with Crippen molar-refractivity contribution in [3.05, 3.63) is 11.6 Å². The van der Waals surface area contributed by atoms with Gasteiger partial charge in [-0.1, -0.05) is 52.2 Å². The second kappa shape index (κ2) is 8.52. The Balaban J connectivity index is 1.50. The molecule has 4 rings (SSSR count). The molecule has 4 aliphatic rings. The van der Waals surface area contributed by atoms with E-state index in [0.29, 0.717) is 29.6 Å². The quantitative estimate of drug-likeness (QED) is 0.511. The number of rotatable bonds is 6. The first-order valence-corrected chi connectivity index (χ1v) is 12.9. The average molecular weight is 419 g/mol. The van der Waals surface area contributed by atoms with Gasteiger partial charge in [-0.25, -0.2) is 0 Å². The van der Waals surface area contributed by atoms with Crippen LogP contribution < -0.4 is 0 Å². The summed E-state index contributed by atoms with van der Waals surface area (Å²) < 4.78 is 0. The number of allylic oxidation sites excluding steroid dienone is 1. The molecule has 0 aromatic carbocycles. The van der Waals surface area contributed by atoms with Crippen molar-refractivity contribution in [3.63, 3.8) is 0 Å². The molecule has 0 bridgehead atoms. The highest BCUT2D eigenvalue weighted by molar-refractivity contribution is 5.25. The lowest BCUT2D eigenvalue weighted by Gasteiger charge is -2.58. The van der Waals surface area contributed by atoms with Crippen molar-refractivity contribution >= 4 is 0 Å². The minimum absolute atomic E-state index is 0.137. The molecular weight excluding hydrogens is 372 g/mol. The molecule has 10 atom stereocenters. The average Bonchev–Trinajstić information content (AvgIpc) is 2.98. The fraction of sp³-hybridized carbons (Fsp3) is 0.926. The zero-order valence-electron chi connectivity index (χ0n) is 19.8. The van der Waals surface area contributed by atoms with Crippen LogP contribution in [0.25, 0.3) is 0 Å². The van der Waals surface area contributed by atoms with Crippen molar-refractivity contribution < 1.29 is 15.3 Å². The van der Waals surface area contributed by atoms with Crippen LogP contribution in [0, 0.1) is 46.3 Å². The van der Waals surface area contributed by atoms with E-state index in [2.05, 4.69) is 33.8 Å². The summed E-state index contributed by atoms with van der Waals surface area (Å²) in [6.45, 7) is 9.78. The first kappa shape index (κ1) is 22.8. The Morgan fingerprint density at radius 3 is 2.57 bits per heavy atom. The third-order valence-corrected chi connectivity index (χ3v) is 10.5. The van der Waals surface area contributed by atoms with E-state index in [0.717, 1.165) is 50.9 Å². The van der Waals surface area contributed by atoms with Crippen LogP contribution in [0.15, 0.2) is 11.6 Å². The van der Waals surface area contributed by atoms with Crippen LogP contribution in [0.2, 0.25) is 0 Å². The van der Waals surface area contributed by atoms with E-state index in [4.69, 9.17) is 0 Å². The van der Waals surface area contributed by atoms with Crippen molar-refractivity contribution in [2.75, 3.05) is 6.61 Å². The Labute approximate surface area is 184 Å². The van der Waals surface area contributed by atoms with Gasteiger partial charge in [-0.3, -0.25) is 0 Å². The van der Waals surface area contributed by atoms with Gasteiger partial charge in [-0.15, -0.1) is 0 Å². The zero-order chi connectivity index (χ0) is 21.7. The summed E-state index contributed by atoms with van der Waals surface area (Å²) >= 11 is 0. The minimum atomic E-state index is -0.157. The Kier molecular flexibility index (Phi) is 6.48. The van der Waals surface area contributed by atoms with Gasteiger partial charge in [0.25, 0.3) is 0 Å². The Hall–Kier alpha value is -0.380. The van der Waals surface area contributed by atoms with E-state index in [1.807, 2.05) is 0 Å². The van der Waals surface area contributed by atoms with Gasteiger partial charge in [-0.05, 0) is 97.7 Å². The Bertz CT molecular complexity index is 644. The van der Waals surface area contributed by atoms with E-state index in [1.165, 1.54) is 24.8 Å². The molecule has 0 heterocycles. The van der Waals surface area contributed by atoms with Gasteiger partial charge in [0.05, 0.1) is 12.2 Å². The van der Waals surface area contributed by atoms with E-state index in [1.54, 1.807) is 0 Å². The van der Waals surface area contributed by atoms with Gasteiger partial charge in [-0.2, -0.15) is 0 Å². The van der Waals surface area contributed by atoms with E-state index in [9.17, 15) is 15.3 Å². The smallest absolute Gasteiger partial charge is 0.0579 e. The van der Waals surface area contributed by atoms with Crippen LogP contribution in [-0.2, 0) is 0 Å². The molecule has 0 amide bonds. The molecule has 172 valence electrons. The van der Waals surface area contributed by atoms with Gasteiger partial charge in [0, 0.05) is 6.61 Å². The van der Waals surface area contributed by atoms with Gasteiger partial charge < -0.3 is 15.3 Å². The van der Waals surface area contributed by atoms with Crippen LogP contribution in [0.4, 0.5) is 0 Å². The molecule has 0 radical (unpaired) electrons. The Morgan fingerprint density at radius 1 is 1.07 bits per heavy atom. The summed E-state index contributed by atoms with van der Waals surface area (Å²) in [5, 5.41) is 30.8. The predicted molar refractivity (Wildman–Crippen MR) is 122 cm³/mol. The van der Waals surface area contributed by atoms with E-state index >= 15 is 0 Å². The molecule has 3 N–H and O–H groups in total. The van der Waals surface area contributed by atoms with Gasteiger partial charge >= 0.3 is 0 Å². The number of hydrogen-bond donors (Lipinski definition) is 3. The van der Waals surface area contributed by atoms with Crippen LogP contribution in [0.3, 0.4) is 0 Å². The Morgan fingerprint density at radius 2 is 1.83 bits per heavy atom. The molecule has 1 unspecified atom stereocenters. The number of aliphatic hydroxyl groups excluding tert-OH is 3. The molecule has 3 fully saturated rings. The standard InChI is InChI=1S/C27H46O3/c1-17(16-28)6-5-7-18(2)25-24(30)15-23-21-9-8-19-14-20(29)10-12-26(19,3)22(21)11-13-27(23,25)4/h8,17-18,20-25,28-30H,5-7,9-16H2,1-4H3/t17-,18-,20+,21-,22+,23+,24?,25+,26+,27+/m1/s1. The lowest BCUT2D eigenvalue weighted by molar-refractivity contribution is -0.0620. The molecule has 0 aromatic heterocycles. The fourth-order valence-corrected chi connectivity index (χ4v) is 8.78. The van der Waals surface area contributed by atoms with Crippen molar-refractivity contribution in [2.45, 2.75) is 104 Å². The second-order valence-electron chi connectivity index (χ2n) is 12.2. The molecule has 0 aromatic rings. The van der Waals surface area contributed by atoms with Crippen LogP contribution >= 0.6 is 0 Å². The molecule has 3 nitrogen and oxygen atoms in total. The normalized spacial score (nSPS) is 47.6. The monoisotopic (exact) mass is 418 g/mol. The predicted octanol–water partition coefficient (Wildman–Crippen LogP) is 5.33. The maximum atomic E-state index is 11.2. The highest BCUT2D eigenvalue weighted by Gasteiger charge is 2.61. The lowest BCUT2D eigenvalue weighted by Crippen LogP contribution is -2.51. The summed E-state index contributed by atoms with van der Waals surface area (Å²) in [5.74, 6) is 3.43. The van der Waals surface area contributed by atoms with Crippen LogP contribution in [0.1, 0.15) is 91.9 Å². The number of hydrogen-bond acceptors (Lipinski definition) is 3. The van der Waals surface area contributed by atoms with Crippen molar-refractivity contribution in [3.8, 4) is 0 Å². The first-order chi connectivity index (χ1) is 14.2. The topological polar surface area (TPSA) is 60.7 Å². The van der Waals surface area contributed by atoms with E-state index in [-0.39, 0.29) is 29.6 Å². The molecule has 0 spiro atoms. The third kappa shape index (κ3) is 3.71. The summed E-state index contributed by atoms with van der Waals surface area (Å²) in [7, 11) is 0. The van der Waals surface area contributed by atoms with Gasteiger partial charge in [0.2, 0.25) is 0 Å². The molecule has 3 saturated carbocycles. The van der Waals surface area contributed by atoms with Crippen molar-refractivity contribution in [1.82, 2.24) is 0 Å². The lowest BCUT2D eigenvalue weighted by atomic mass is 9.47. The van der Waals surface area contributed by atoms with Gasteiger partial charge in [0.1, 0.15) is 0 Å². The summed E-state index contributed by atoms with van der Waals surface area (Å²) in [4.78, 5) is 0.